The summed E-state index contributed by atoms with van der Waals surface area (Å²) in [6.45, 7) is 17.0. The number of fused-ring (bicyclic) bond motifs is 1. The number of hydrogen-bond acceptors (Lipinski definition) is 6. The lowest BCUT2D eigenvalue weighted by Gasteiger charge is -2.24. The highest BCUT2D eigenvalue weighted by molar-refractivity contribution is 6.10. The van der Waals surface area contributed by atoms with Crippen LogP contribution >= 0.6 is 0 Å². The molecule has 2 aliphatic heterocycles. The van der Waals surface area contributed by atoms with Crippen LogP contribution in [-0.2, 0) is 6.54 Å². The van der Waals surface area contributed by atoms with Gasteiger partial charge in [-0.05, 0) is 58.7 Å². The van der Waals surface area contributed by atoms with Gasteiger partial charge in [-0.3, -0.25) is 14.7 Å². The van der Waals surface area contributed by atoms with Gasteiger partial charge in [0.2, 0.25) is 0 Å². The number of anilines is 2. The van der Waals surface area contributed by atoms with E-state index < -0.39 is 0 Å². The molecule has 0 radical (unpaired) electrons. The molecule has 2 atom stereocenters. The molecule has 4 rings (SSSR count). The maximum atomic E-state index is 13.3. The zero-order chi connectivity index (χ0) is 26.8. The molecule has 1 amide bonds. The van der Waals surface area contributed by atoms with Gasteiger partial charge in [0.05, 0.1) is 29.2 Å². The minimum Gasteiger partial charge on any atom is -0.354 e. The number of carbonyl (C=O) groups excluding carboxylic acids is 1. The van der Waals surface area contributed by atoms with Crippen molar-refractivity contribution in [3.8, 4) is 0 Å². The molecule has 0 spiro atoms. The monoisotopic (exact) mass is 492 g/mol. The third-order valence-electron chi connectivity index (χ3n) is 6.43. The number of amides is 1. The first-order valence-corrected chi connectivity index (χ1v) is 13.1. The summed E-state index contributed by atoms with van der Waals surface area (Å²) in [6, 6.07) is 7.78. The Bertz CT molecular complexity index is 1060. The van der Waals surface area contributed by atoms with Gasteiger partial charge in [-0.15, -0.1) is 6.58 Å². The van der Waals surface area contributed by atoms with Crippen molar-refractivity contribution in [3.63, 3.8) is 0 Å². The highest BCUT2D eigenvalue weighted by Crippen LogP contribution is 2.35. The summed E-state index contributed by atoms with van der Waals surface area (Å²) in [4.78, 5) is 31.1. The highest BCUT2D eigenvalue weighted by Gasteiger charge is 2.35. The fourth-order valence-corrected chi connectivity index (χ4v) is 4.18. The SMILES string of the molecule is C=CC.CCCC.CN=C(C)c1cccc(N2Cc3c(cc(N4CCC[C@H]4C)nc3[C@H](C)N)C2=O)n1. The van der Waals surface area contributed by atoms with E-state index >= 15 is 0 Å². The predicted molar refractivity (Wildman–Crippen MR) is 152 cm³/mol. The summed E-state index contributed by atoms with van der Waals surface area (Å²) < 4.78 is 0. The van der Waals surface area contributed by atoms with E-state index in [1.165, 1.54) is 12.8 Å². The zero-order valence-corrected chi connectivity index (χ0v) is 23.2. The fraction of sp³-hybridized carbons (Fsp3) is 0.517. The van der Waals surface area contributed by atoms with Crippen molar-refractivity contribution >= 4 is 23.3 Å². The first kappa shape index (κ1) is 29.2. The number of aliphatic imine (C=N–C) groups is 1. The van der Waals surface area contributed by atoms with Gasteiger partial charge in [0, 0.05) is 31.2 Å². The van der Waals surface area contributed by atoms with Crippen LogP contribution in [0.4, 0.5) is 11.6 Å². The average molecular weight is 493 g/mol. The second-order valence-corrected chi connectivity index (χ2v) is 9.35. The van der Waals surface area contributed by atoms with E-state index in [4.69, 9.17) is 10.7 Å². The molecule has 2 aromatic rings. The Balaban J connectivity index is 0.000000583. The highest BCUT2D eigenvalue weighted by atomic mass is 16.2. The van der Waals surface area contributed by atoms with Gasteiger partial charge in [-0.1, -0.05) is 38.8 Å². The summed E-state index contributed by atoms with van der Waals surface area (Å²) in [5.41, 5.74) is 10.3. The Labute approximate surface area is 217 Å². The molecule has 2 N–H and O–H groups in total. The number of carbonyl (C=O) groups is 1. The molecule has 0 bridgehead atoms. The topological polar surface area (TPSA) is 87.7 Å². The molecule has 4 heterocycles. The van der Waals surface area contributed by atoms with Crippen LogP contribution in [0.5, 0.6) is 0 Å². The molecule has 7 heteroatoms. The van der Waals surface area contributed by atoms with Crippen LogP contribution in [0.1, 0.15) is 101 Å². The van der Waals surface area contributed by atoms with Gasteiger partial charge in [-0.25, -0.2) is 9.97 Å². The number of unbranched alkanes of at least 4 members (excludes halogenated alkanes) is 1. The van der Waals surface area contributed by atoms with Crippen molar-refractivity contribution in [3.05, 3.63) is 59.4 Å². The molecule has 0 saturated carbocycles. The summed E-state index contributed by atoms with van der Waals surface area (Å²) in [5.74, 6) is 1.43. The van der Waals surface area contributed by atoms with Crippen molar-refractivity contribution in [1.82, 2.24) is 9.97 Å². The molecule has 36 heavy (non-hydrogen) atoms. The maximum absolute atomic E-state index is 13.3. The minimum atomic E-state index is -0.247. The van der Waals surface area contributed by atoms with E-state index in [1.54, 1.807) is 18.0 Å². The molecule has 2 aromatic heterocycles. The number of nitrogens with zero attached hydrogens (tertiary/aromatic N) is 5. The maximum Gasteiger partial charge on any atom is 0.260 e. The summed E-state index contributed by atoms with van der Waals surface area (Å²) in [6.07, 6.45) is 6.67. The number of hydrogen-bond donors (Lipinski definition) is 1. The van der Waals surface area contributed by atoms with Gasteiger partial charge in [-0.2, -0.15) is 0 Å². The average Bonchev–Trinajstić information content (AvgIpc) is 3.46. The lowest BCUT2D eigenvalue weighted by Crippen LogP contribution is -2.28. The van der Waals surface area contributed by atoms with Crippen molar-refractivity contribution in [2.75, 3.05) is 23.4 Å². The smallest absolute Gasteiger partial charge is 0.260 e. The third kappa shape index (κ3) is 6.78. The molecule has 196 valence electrons. The van der Waals surface area contributed by atoms with E-state index in [0.29, 0.717) is 24.0 Å². The third-order valence-corrected chi connectivity index (χ3v) is 6.43. The molecule has 0 aliphatic carbocycles. The van der Waals surface area contributed by atoms with Crippen molar-refractivity contribution in [2.24, 2.45) is 10.7 Å². The molecule has 0 aromatic carbocycles. The normalized spacial score (nSPS) is 17.6. The first-order chi connectivity index (χ1) is 17.2. The Morgan fingerprint density at radius 2 is 1.94 bits per heavy atom. The van der Waals surface area contributed by atoms with Crippen molar-refractivity contribution < 1.29 is 4.79 Å². The van der Waals surface area contributed by atoms with E-state index in [-0.39, 0.29) is 11.9 Å². The van der Waals surface area contributed by atoms with Crippen LogP contribution in [0.2, 0.25) is 0 Å². The second kappa shape index (κ2) is 13.9. The quantitative estimate of drug-likeness (QED) is 0.403. The van der Waals surface area contributed by atoms with Crippen LogP contribution in [0, 0.1) is 0 Å². The molecule has 0 unspecified atom stereocenters. The standard InChI is InChI=1S/C22H28N6O.C4H10.C3H6/c1-13-7-6-10-27(13)20-11-16-17(21(26-20)14(2)23)12-28(22(16)29)19-9-5-8-18(25-19)15(3)24-4;1-3-4-2;1-3-2/h5,8-9,11,13-14H,6-7,10,12,23H2,1-4H3;3-4H2,1-2H3;3H,1H2,2H3/t13-,14+;;/m1../s1. The minimum absolute atomic E-state index is 0.0480. The van der Waals surface area contributed by atoms with Crippen molar-refractivity contribution in [2.45, 2.75) is 85.9 Å². The number of rotatable bonds is 5. The van der Waals surface area contributed by atoms with Gasteiger partial charge in [0.1, 0.15) is 11.6 Å². The van der Waals surface area contributed by atoms with E-state index in [9.17, 15) is 4.79 Å². The Kier molecular flexibility index (Phi) is 11.2. The fourth-order valence-electron chi connectivity index (χ4n) is 4.18. The van der Waals surface area contributed by atoms with Crippen LogP contribution in [-0.4, -0.2) is 41.2 Å². The number of nitrogens with two attached hydrogens (primary N) is 1. The lowest BCUT2D eigenvalue weighted by molar-refractivity contribution is 0.0996. The summed E-state index contributed by atoms with van der Waals surface area (Å²) in [5, 5.41) is 0. The zero-order valence-electron chi connectivity index (χ0n) is 23.2. The summed E-state index contributed by atoms with van der Waals surface area (Å²) in [7, 11) is 1.74. The van der Waals surface area contributed by atoms with Crippen LogP contribution in [0.25, 0.3) is 0 Å². The Morgan fingerprint density at radius 1 is 1.28 bits per heavy atom. The second-order valence-electron chi connectivity index (χ2n) is 9.35. The molecule has 1 saturated heterocycles. The largest absolute Gasteiger partial charge is 0.354 e. The number of pyridine rings is 2. The van der Waals surface area contributed by atoms with E-state index in [1.807, 2.05) is 45.0 Å². The van der Waals surface area contributed by atoms with Crippen molar-refractivity contribution in [1.29, 1.82) is 0 Å². The van der Waals surface area contributed by atoms with Crippen LogP contribution in [0.3, 0.4) is 0 Å². The molecular weight excluding hydrogens is 448 g/mol. The number of allylic oxidation sites excluding steroid dienone is 1. The Morgan fingerprint density at radius 3 is 2.47 bits per heavy atom. The Hall–Kier alpha value is -3.06. The molecule has 7 nitrogen and oxygen atoms in total. The predicted octanol–water partition coefficient (Wildman–Crippen LogP) is 6.08. The van der Waals surface area contributed by atoms with E-state index in [2.05, 4.69) is 42.2 Å². The molecular formula is C29H44N6O. The molecule has 1 fully saturated rings. The van der Waals surface area contributed by atoms with Gasteiger partial charge >= 0.3 is 0 Å². The first-order valence-electron chi connectivity index (χ1n) is 13.1. The van der Waals surface area contributed by atoms with Crippen LogP contribution in [0.15, 0.2) is 41.9 Å². The lowest BCUT2D eigenvalue weighted by atomic mass is 10.0. The summed E-state index contributed by atoms with van der Waals surface area (Å²) >= 11 is 0. The van der Waals surface area contributed by atoms with Crippen LogP contribution < -0.4 is 15.5 Å². The van der Waals surface area contributed by atoms with Gasteiger partial charge < -0.3 is 10.6 Å². The van der Waals surface area contributed by atoms with E-state index in [0.717, 1.165) is 47.9 Å². The number of aromatic nitrogens is 2. The molecule has 2 aliphatic rings. The van der Waals surface area contributed by atoms with Gasteiger partial charge in [0.25, 0.3) is 5.91 Å². The van der Waals surface area contributed by atoms with Gasteiger partial charge in [0.15, 0.2) is 0 Å².